The SMILES string of the molecule is OC(c1c(Cl)cccc1Cl)C(F)(F)F. The molecule has 0 fully saturated rings. The summed E-state index contributed by atoms with van der Waals surface area (Å²) in [5.74, 6) is 0. The van der Waals surface area contributed by atoms with Gasteiger partial charge in [-0.15, -0.1) is 0 Å². The van der Waals surface area contributed by atoms with Crippen LogP contribution in [0.3, 0.4) is 0 Å². The second-order valence-electron chi connectivity index (χ2n) is 2.58. The Labute approximate surface area is 88.1 Å². The zero-order valence-corrected chi connectivity index (χ0v) is 8.16. The van der Waals surface area contributed by atoms with E-state index in [2.05, 4.69) is 0 Å². The molecule has 0 bridgehead atoms. The lowest BCUT2D eigenvalue weighted by atomic mass is 10.1. The van der Waals surface area contributed by atoms with Crippen molar-refractivity contribution in [1.82, 2.24) is 0 Å². The highest BCUT2D eigenvalue weighted by Gasteiger charge is 2.41. The van der Waals surface area contributed by atoms with Crippen molar-refractivity contribution in [2.24, 2.45) is 0 Å². The van der Waals surface area contributed by atoms with E-state index in [1.165, 1.54) is 18.2 Å². The molecule has 14 heavy (non-hydrogen) atoms. The maximum atomic E-state index is 12.1. The Morgan fingerprint density at radius 1 is 1.14 bits per heavy atom. The molecular weight excluding hydrogens is 240 g/mol. The highest BCUT2D eigenvalue weighted by Crippen LogP contribution is 2.39. The number of alkyl halides is 3. The zero-order chi connectivity index (χ0) is 10.9. The van der Waals surface area contributed by atoms with E-state index in [1.54, 1.807) is 0 Å². The summed E-state index contributed by atoms with van der Waals surface area (Å²) < 4.78 is 36.4. The largest absolute Gasteiger partial charge is 0.418 e. The molecule has 0 radical (unpaired) electrons. The molecule has 1 N–H and O–H groups in total. The van der Waals surface area contributed by atoms with Crippen LogP contribution in [0.5, 0.6) is 0 Å². The van der Waals surface area contributed by atoms with Gasteiger partial charge >= 0.3 is 6.18 Å². The van der Waals surface area contributed by atoms with Crippen molar-refractivity contribution in [1.29, 1.82) is 0 Å². The summed E-state index contributed by atoms with van der Waals surface area (Å²) in [6.45, 7) is 0. The van der Waals surface area contributed by atoms with Crippen LogP contribution < -0.4 is 0 Å². The first kappa shape index (κ1) is 11.6. The fourth-order valence-corrected chi connectivity index (χ4v) is 1.54. The van der Waals surface area contributed by atoms with Gasteiger partial charge in [0.25, 0.3) is 0 Å². The minimum Gasteiger partial charge on any atom is -0.379 e. The first-order chi connectivity index (χ1) is 6.34. The predicted octanol–water partition coefficient (Wildman–Crippen LogP) is 3.59. The number of aliphatic hydroxyl groups excluding tert-OH is 1. The van der Waals surface area contributed by atoms with Crippen LogP contribution in [0.25, 0.3) is 0 Å². The summed E-state index contributed by atoms with van der Waals surface area (Å²) in [5, 5.41) is 8.51. The molecule has 1 nitrogen and oxygen atoms in total. The van der Waals surface area contributed by atoms with Crippen molar-refractivity contribution in [3.8, 4) is 0 Å². The summed E-state index contributed by atoms with van der Waals surface area (Å²) in [7, 11) is 0. The summed E-state index contributed by atoms with van der Waals surface area (Å²) >= 11 is 11.0. The van der Waals surface area contributed by atoms with Gasteiger partial charge in [-0.25, -0.2) is 0 Å². The minimum atomic E-state index is -4.77. The third-order valence-corrected chi connectivity index (χ3v) is 2.24. The Hall–Kier alpha value is -0.450. The molecule has 1 atom stereocenters. The van der Waals surface area contributed by atoms with E-state index >= 15 is 0 Å². The summed E-state index contributed by atoms with van der Waals surface area (Å²) in [5.41, 5.74) is -0.511. The monoisotopic (exact) mass is 244 g/mol. The van der Waals surface area contributed by atoms with Gasteiger partial charge in [-0.1, -0.05) is 29.3 Å². The molecule has 0 spiro atoms. The second-order valence-corrected chi connectivity index (χ2v) is 3.39. The molecule has 6 heteroatoms. The minimum absolute atomic E-state index is 0.206. The maximum absolute atomic E-state index is 12.1. The quantitative estimate of drug-likeness (QED) is 0.801. The standard InChI is InChI=1S/C8H5Cl2F3O/c9-4-2-1-3-5(10)6(4)7(14)8(11,12)13/h1-3,7,14H. The molecule has 1 aromatic rings. The fraction of sp³-hybridized carbons (Fsp3) is 0.250. The lowest BCUT2D eigenvalue weighted by molar-refractivity contribution is -0.206. The zero-order valence-electron chi connectivity index (χ0n) is 6.65. The Morgan fingerprint density at radius 3 is 1.93 bits per heavy atom. The highest BCUT2D eigenvalue weighted by molar-refractivity contribution is 6.36. The molecule has 0 amide bonds. The van der Waals surface area contributed by atoms with E-state index in [0.29, 0.717) is 0 Å². The van der Waals surface area contributed by atoms with Gasteiger partial charge in [0, 0.05) is 15.6 Å². The number of hydrogen-bond acceptors (Lipinski definition) is 1. The van der Waals surface area contributed by atoms with Crippen molar-refractivity contribution in [2.45, 2.75) is 12.3 Å². The van der Waals surface area contributed by atoms with E-state index in [9.17, 15) is 13.2 Å². The maximum Gasteiger partial charge on any atom is 0.418 e. The fourth-order valence-electron chi connectivity index (χ4n) is 0.936. The molecular formula is C8H5Cl2F3O. The Kier molecular flexibility index (Phi) is 3.29. The third kappa shape index (κ3) is 2.32. The van der Waals surface area contributed by atoms with Gasteiger partial charge in [0.15, 0.2) is 6.10 Å². The van der Waals surface area contributed by atoms with E-state index < -0.39 is 17.8 Å². The number of benzene rings is 1. The van der Waals surface area contributed by atoms with Crippen molar-refractivity contribution >= 4 is 23.2 Å². The van der Waals surface area contributed by atoms with Gasteiger partial charge in [0.1, 0.15) is 0 Å². The van der Waals surface area contributed by atoms with Crippen LogP contribution in [0, 0.1) is 0 Å². The highest BCUT2D eigenvalue weighted by atomic mass is 35.5. The summed E-state index contributed by atoms with van der Waals surface area (Å²) in [4.78, 5) is 0. The molecule has 0 heterocycles. The van der Waals surface area contributed by atoms with E-state index in [4.69, 9.17) is 28.3 Å². The van der Waals surface area contributed by atoms with Crippen molar-refractivity contribution in [2.75, 3.05) is 0 Å². The Balaban J connectivity index is 3.19. The normalized spacial score (nSPS) is 14.1. The van der Waals surface area contributed by atoms with Gasteiger partial charge in [0.05, 0.1) is 0 Å². The molecule has 1 unspecified atom stereocenters. The van der Waals surface area contributed by atoms with E-state index in [0.717, 1.165) is 0 Å². The lowest BCUT2D eigenvalue weighted by Crippen LogP contribution is -2.20. The van der Waals surface area contributed by atoms with E-state index in [-0.39, 0.29) is 10.0 Å². The molecule has 78 valence electrons. The van der Waals surface area contributed by atoms with E-state index in [1.807, 2.05) is 0 Å². The molecule has 0 aliphatic carbocycles. The van der Waals surface area contributed by atoms with Crippen LogP contribution in [0.2, 0.25) is 10.0 Å². The van der Waals surface area contributed by atoms with Crippen LogP contribution >= 0.6 is 23.2 Å². The number of aliphatic hydroxyl groups is 1. The molecule has 0 saturated heterocycles. The first-order valence-corrected chi connectivity index (χ1v) is 4.28. The Bertz CT molecular complexity index is 318. The second kappa shape index (κ2) is 3.96. The van der Waals surface area contributed by atoms with Gasteiger partial charge in [0.2, 0.25) is 0 Å². The molecule has 0 aliphatic rings. The molecule has 1 aromatic carbocycles. The number of hydrogen-bond donors (Lipinski definition) is 1. The van der Waals surface area contributed by atoms with Crippen molar-refractivity contribution in [3.05, 3.63) is 33.8 Å². The van der Waals surface area contributed by atoms with Crippen LogP contribution in [0.15, 0.2) is 18.2 Å². The molecule has 0 saturated carbocycles. The van der Waals surface area contributed by atoms with Crippen LogP contribution in [0.1, 0.15) is 11.7 Å². The first-order valence-electron chi connectivity index (χ1n) is 3.52. The van der Waals surface area contributed by atoms with Crippen LogP contribution in [-0.2, 0) is 0 Å². The molecule has 0 aliphatic heterocycles. The third-order valence-electron chi connectivity index (χ3n) is 1.58. The average molecular weight is 245 g/mol. The van der Waals surface area contributed by atoms with Crippen LogP contribution in [-0.4, -0.2) is 11.3 Å². The van der Waals surface area contributed by atoms with Gasteiger partial charge in [-0.2, -0.15) is 13.2 Å². The van der Waals surface area contributed by atoms with Gasteiger partial charge in [-0.05, 0) is 12.1 Å². The van der Waals surface area contributed by atoms with Crippen molar-refractivity contribution in [3.63, 3.8) is 0 Å². The lowest BCUT2D eigenvalue weighted by Gasteiger charge is -2.17. The molecule has 0 aromatic heterocycles. The summed E-state index contributed by atoms with van der Waals surface area (Å²) in [6, 6.07) is 3.87. The van der Waals surface area contributed by atoms with Gasteiger partial charge < -0.3 is 5.11 Å². The number of halogens is 5. The predicted molar refractivity (Wildman–Crippen MR) is 47.5 cm³/mol. The summed E-state index contributed by atoms with van der Waals surface area (Å²) in [6.07, 6.45) is -7.42. The topological polar surface area (TPSA) is 20.2 Å². The smallest absolute Gasteiger partial charge is 0.379 e. The van der Waals surface area contributed by atoms with Crippen LogP contribution in [0.4, 0.5) is 13.2 Å². The van der Waals surface area contributed by atoms with Crippen molar-refractivity contribution < 1.29 is 18.3 Å². The Morgan fingerprint density at radius 2 is 1.57 bits per heavy atom. The number of rotatable bonds is 1. The average Bonchev–Trinajstić information content (AvgIpc) is 2.01. The van der Waals surface area contributed by atoms with Gasteiger partial charge in [-0.3, -0.25) is 0 Å². The molecule has 1 rings (SSSR count).